The van der Waals surface area contributed by atoms with Gasteiger partial charge in [0.05, 0.1) is 12.7 Å². The molecule has 24 heavy (non-hydrogen) atoms. The van der Waals surface area contributed by atoms with Crippen molar-refractivity contribution >= 4 is 43.7 Å². The normalized spacial score (nSPS) is 12.1. The van der Waals surface area contributed by atoms with E-state index in [1.54, 1.807) is 0 Å². The maximum atomic E-state index is 11.2. The summed E-state index contributed by atoms with van der Waals surface area (Å²) in [6.07, 6.45) is 18.1. The maximum absolute atomic E-state index is 11.2. The molecule has 0 amide bonds. The number of carbonyl (C=O) groups is 1. The second-order valence-electron chi connectivity index (χ2n) is 6.32. The molecule has 0 aromatic rings. The van der Waals surface area contributed by atoms with Crippen LogP contribution in [0.3, 0.4) is 0 Å². The monoisotopic (exact) mass is 368 g/mol. The molecular formula is C20H40CaO3. The molecule has 1 atom stereocenters. The van der Waals surface area contributed by atoms with Crippen molar-refractivity contribution in [2.45, 2.75) is 103 Å². The third-order valence-corrected chi connectivity index (χ3v) is 4.02. The van der Waals surface area contributed by atoms with E-state index in [9.17, 15) is 9.90 Å². The standard InChI is InChI=1S/C20H38O3.Ca.2H/c1-3-5-6-13-16-19(21)17-14-11-9-7-8-10-12-15-18-20(22)23-4-2;;;/h11,14,19,21H,3-10,12-13,15-18H2,1-2H3;;;/b14-11-;;;/t19-;;;/m1.../s1. The van der Waals surface area contributed by atoms with E-state index in [0.29, 0.717) is 13.0 Å². The van der Waals surface area contributed by atoms with E-state index >= 15 is 0 Å². The molecule has 0 aromatic carbocycles. The van der Waals surface area contributed by atoms with Crippen LogP contribution in [0.15, 0.2) is 12.2 Å². The van der Waals surface area contributed by atoms with Gasteiger partial charge in [-0.05, 0) is 39.0 Å². The van der Waals surface area contributed by atoms with E-state index < -0.39 is 0 Å². The van der Waals surface area contributed by atoms with Gasteiger partial charge in [-0.3, -0.25) is 4.79 Å². The SMILES string of the molecule is CCCCCC[C@@H](O)C/C=C\CCCCCCCC(=O)OCC.[CaH2]. The number of hydrogen-bond acceptors (Lipinski definition) is 3. The van der Waals surface area contributed by atoms with E-state index in [4.69, 9.17) is 4.74 Å². The molecule has 0 spiro atoms. The molecule has 0 bridgehead atoms. The van der Waals surface area contributed by atoms with Gasteiger partial charge in [0.15, 0.2) is 0 Å². The Morgan fingerprint density at radius 2 is 1.62 bits per heavy atom. The van der Waals surface area contributed by atoms with Crippen molar-refractivity contribution < 1.29 is 14.6 Å². The molecule has 0 unspecified atom stereocenters. The summed E-state index contributed by atoms with van der Waals surface area (Å²) in [6, 6.07) is 0. The van der Waals surface area contributed by atoms with Gasteiger partial charge in [0, 0.05) is 6.42 Å². The molecule has 1 N–H and O–H groups in total. The van der Waals surface area contributed by atoms with Gasteiger partial charge in [0.1, 0.15) is 0 Å². The Hall–Kier alpha value is 0.430. The van der Waals surface area contributed by atoms with Crippen molar-refractivity contribution in [3.63, 3.8) is 0 Å². The summed E-state index contributed by atoms with van der Waals surface area (Å²) >= 11 is 0. The van der Waals surface area contributed by atoms with Crippen molar-refractivity contribution in [3.05, 3.63) is 12.2 Å². The fourth-order valence-corrected chi connectivity index (χ4v) is 2.59. The van der Waals surface area contributed by atoms with Crippen LogP contribution in [0.5, 0.6) is 0 Å². The summed E-state index contributed by atoms with van der Waals surface area (Å²) < 4.78 is 4.90. The number of allylic oxidation sites excluding steroid dienone is 1. The zero-order valence-corrected chi connectivity index (χ0v) is 15.4. The summed E-state index contributed by atoms with van der Waals surface area (Å²) in [6.45, 7) is 4.54. The van der Waals surface area contributed by atoms with Crippen molar-refractivity contribution in [1.29, 1.82) is 0 Å². The molecule has 0 fully saturated rings. The second-order valence-corrected chi connectivity index (χ2v) is 6.32. The minimum atomic E-state index is -0.161. The van der Waals surface area contributed by atoms with Crippen LogP contribution in [0.1, 0.15) is 97.3 Å². The van der Waals surface area contributed by atoms with Crippen LogP contribution in [0, 0.1) is 0 Å². The third-order valence-electron chi connectivity index (χ3n) is 4.02. The average Bonchev–Trinajstić information content (AvgIpc) is 2.53. The number of ether oxygens (including phenoxy) is 1. The van der Waals surface area contributed by atoms with Gasteiger partial charge in [0.2, 0.25) is 0 Å². The van der Waals surface area contributed by atoms with E-state index in [0.717, 1.165) is 38.5 Å². The predicted octanol–water partition coefficient (Wildman–Crippen LogP) is 4.64. The topological polar surface area (TPSA) is 46.5 Å². The van der Waals surface area contributed by atoms with Crippen LogP contribution < -0.4 is 0 Å². The Balaban J connectivity index is 0. The Morgan fingerprint density at radius 1 is 0.958 bits per heavy atom. The summed E-state index contributed by atoms with van der Waals surface area (Å²) in [4.78, 5) is 11.2. The third kappa shape index (κ3) is 20.5. The van der Waals surface area contributed by atoms with E-state index in [1.165, 1.54) is 38.5 Å². The molecule has 140 valence electrons. The molecule has 0 aliphatic carbocycles. The van der Waals surface area contributed by atoms with Crippen LogP contribution in [0.4, 0.5) is 0 Å². The Kier molecular flexibility index (Phi) is 23.8. The Bertz CT molecular complexity index is 293. The summed E-state index contributed by atoms with van der Waals surface area (Å²) in [5, 5.41) is 9.84. The minimum absolute atomic E-state index is 0. The Labute approximate surface area is 179 Å². The van der Waals surface area contributed by atoms with Crippen LogP contribution in [0.25, 0.3) is 0 Å². The number of carbonyl (C=O) groups excluding carboxylic acids is 1. The summed E-state index contributed by atoms with van der Waals surface area (Å²) in [7, 11) is 0. The van der Waals surface area contributed by atoms with E-state index in [-0.39, 0.29) is 49.8 Å². The number of hydrogen-bond donors (Lipinski definition) is 1. The van der Waals surface area contributed by atoms with Crippen LogP contribution in [0.2, 0.25) is 0 Å². The van der Waals surface area contributed by atoms with Crippen LogP contribution in [-0.2, 0) is 9.53 Å². The van der Waals surface area contributed by atoms with E-state index in [2.05, 4.69) is 19.1 Å². The number of aliphatic hydroxyl groups is 1. The van der Waals surface area contributed by atoms with Crippen molar-refractivity contribution in [2.75, 3.05) is 6.61 Å². The van der Waals surface area contributed by atoms with Crippen LogP contribution >= 0.6 is 0 Å². The molecule has 0 rings (SSSR count). The molecule has 0 saturated heterocycles. The van der Waals surface area contributed by atoms with Crippen molar-refractivity contribution in [1.82, 2.24) is 0 Å². The quantitative estimate of drug-likeness (QED) is 0.187. The van der Waals surface area contributed by atoms with Gasteiger partial charge in [-0.2, -0.15) is 0 Å². The number of rotatable bonds is 16. The molecule has 0 radical (unpaired) electrons. The van der Waals surface area contributed by atoms with Gasteiger partial charge in [-0.1, -0.05) is 64.0 Å². The van der Waals surface area contributed by atoms with Crippen molar-refractivity contribution in [3.8, 4) is 0 Å². The van der Waals surface area contributed by atoms with Gasteiger partial charge < -0.3 is 9.84 Å². The molecule has 0 aromatic heterocycles. The molecule has 0 heterocycles. The second kappa shape index (κ2) is 21.5. The Morgan fingerprint density at radius 3 is 2.33 bits per heavy atom. The molecule has 3 nitrogen and oxygen atoms in total. The van der Waals surface area contributed by atoms with Crippen LogP contribution in [-0.4, -0.2) is 61.5 Å². The van der Waals surface area contributed by atoms with Gasteiger partial charge in [-0.25, -0.2) is 0 Å². The molecular weight excluding hydrogens is 328 g/mol. The first-order valence-electron chi connectivity index (χ1n) is 9.69. The average molecular weight is 369 g/mol. The first kappa shape index (κ1) is 26.7. The van der Waals surface area contributed by atoms with Gasteiger partial charge in [0.25, 0.3) is 0 Å². The summed E-state index contributed by atoms with van der Waals surface area (Å²) in [5.74, 6) is -0.0660. The zero-order chi connectivity index (χ0) is 17.2. The first-order valence-corrected chi connectivity index (χ1v) is 9.69. The number of esters is 1. The first-order chi connectivity index (χ1) is 11.2. The molecule has 0 aliphatic heterocycles. The number of unbranched alkanes of at least 4 members (excludes halogenated alkanes) is 8. The predicted molar refractivity (Wildman–Crippen MR) is 106 cm³/mol. The fourth-order valence-electron chi connectivity index (χ4n) is 2.59. The number of aliphatic hydroxyl groups excluding tert-OH is 1. The molecule has 4 heteroatoms. The zero-order valence-electron chi connectivity index (χ0n) is 15.4. The van der Waals surface area contributed by atoms with Crippen molar-refractivity contribution in [2.24, 2.45) is 0 Å². The van der Waals surface area contributed by atoms with Gasteiger partial charge >= 0.3 is 43.7 Å². The van der Waals surface area contributed by atoms with E-state index in [1.807, 2.05) is 6.92 Å². The molecule has 0 saturated carbocycles. The summed E-state index contributed by atoms with van der Waals surface area (Å²) in [5.41, 5.74) is 0. The van der Waals surface area contributed by atoms with Gasteiger partial charge in [-0.15, -0.1) is 0 Å². The fraction of sp³-hybridized carbons (Fsp3) is 0.850. The molecule has 0 aliphatic rings.